The zero-order valence-corrected chi connectivity index (χ0v) is 26.8. The van der Waals surface area contributed by atoms with Crippen molar-refractivity contribution in [3.8, 4) is 0 Å². The standard InChI is InChI=1S/C38H42ClNO/c1-23-16-26(39)20-28(17-23)40(33-22-32-31(18-24(33)2)37(6,7)14-15-38(32,8)9)27-11-12-29-30-19-25(36(3,4)5)10-13-34(30)41-35(29)21-27/h10-13,16-22H,14-15H2,1-9H3. The minimum atomic E-state index is 0.0747. The summed E-state index contributed by atoms with van der Waals surface area (Å²) in [5.74, 6) is 0. The number of furan rings is 1. The maximum absolute atomic E-state index is 6.66. The molecule has 0 N–H and O–H groups in total. The number of hydrogen-bond acceptors (Lipinski definition) is 2. The number of halogens is 1. The molecule has 2 nitrogen and oxygen atoms in total. The summed E-state index contributed by atoms with van der Waals surface area (Å²) in [6.45, 7) is 20.7. The van der Waals surface area contributed by atoms with E-state index in [1.165, 1.54) is 40.8 Å². The van der Waals surface area contributed by atoms with Crippen molar-refractivity contribution in [3.05, 3.63) is 99.6 Å². The highest BCUT2D eigenvalue weighted by Gasteiger charge is 2.38. The van der Waals surface area contributed by atoms with Crippen molar-refractivity contribution in [2.24, 2.45) is 0 Å². The lowest BCUT2D eigenvalue weighted by Gasteiger charge is -2.43. The molecule has 0 saturated heterocycles. The Balaban J connectivity index is 1.59. The summed E-state index contributed by atoms with van der Waals surface area (Å²) < 4.78 is 6.46. The first kappa shape index (κ1) is 27.9. The Bertz CT molecular complexity index is 1790. The second kappa shape index (κ2) is 9.39. The molecule has 0 spiro atoms. The SMILES string of the molecule is Cc1cc(Cl)cc(N(c2ccc3c(c2)oc2ccc(C(C)(C)C)cc23)c2cc3c(cc2C)C(C)(C)CCC3(C)C)c1. The molecule has 0 fully saturated rings. The van der Waals surface area contributed by atoms with Crippen LogP contribution in [0.15, 0.2) is 71.1 Å². The Hall–Kier alpha value is -3.23. The number of benzene rings is 4. The number of fused-ring (bicyclic) bond motifs is 4. The molecule has 0 bridgehead atoms. The van der Waals surface area contributed by atoms with Gasteiger partial charge in [0.2, 0.25) is 0 Å². The van der Waals surface area contributed by atoms with E-state index in [0.717, 1.165) is 43.9 Å². The minimum Gasteiger partial charge on any atom is -0.456 e. The molecule has 4 aromatic carbocycles. The van der Waals surface area contributed by atoms with E-state index >= 15 is 0 Å². The maximum atomic E-state index is 6.66. The van der Waals surface area contributed by atoms with E-state index in [9.17, 15) is 0 Å². The van der Waals surface area contributed by atoms with E-state index in [-0.39, 0.29) is 16.2 Å². The highest BCUT2D eigenvalue weighted by molar-refractivity contribution is 6.31. The molecule has 1 aromatic heterocycles. The van der Waals surface area contributed by atoms with E-state index < -0.39 is 0 Å². The average molecular weight is 564 g/mol. The van der Waals surface area contributed by atoms with Gasteiger partial charge in [0.05, 0.1) is 0 Å². The molecule has 41 heavy (non-hydrogen) atoms. The van der Waals surface area contributed by atoms with Crippen molar-refractivity contribution >= 4 is 50.6 Å². The van der Waals surface area contributed by atoms with Crippen LogP contribution >= 0.6 is 11.6 Å². The minimum absolute atomic E-state index is 0.0747. The molecule has 1 heterocycles. The predicted molar refractivity (Wildman–Crippen MR) is 177 cm³/mol. The Morgan fingerprint density at radius 3 is 2.05 bits per heavy atom. The lowest BCUT2D eigenvalue weighted by Crippen LogP contribution is -2.34. The fourth-order valence-electron chi connectivity index (χ4n) is 6.60. The van der Waals surface area contributed by atoms with Crippen molar-refractivity contribution in [1.29, 1.82) is 0 Å². The topological polar surface area (TPSA) is 16.4 Å². The largest absolute Gasteiger partial charge is 0.456 e. The summed E-state index contributed by atoms with van der Waals surface area (Å²) >= 11 is 6.66. The van der Waals surface area contributed by atoms with Gasteiger partial charge in [0.25, 0.3) is 0 Å². The molecule has 1 aliphatic rings. The summed E-state index contributed by atoms with van der Waals surface area (Å²) in [6.07, 6.45) is 2.37. The molecule has 212 valence electrons. The van der Waals surface area contributed by atoms with Crippen molar-refractivity contribution in [2.45, 2.75) is 91.4 Å². The highest BCUT2D eigenvalue weighted by Crippen LogP contribution is 2.50. The molecule has 5 aromatic rings. The van der Waals surface area contributed by atoms with Gasteiger partial charge in [-0.1, -0.05) is 72.2 Å². The molecule has 0 radical (unpaired) electrons. The summed E-state index contributed by atoms with van der Waals surface area (Å²) in [6, 6.07) is 24.4. The van der Waals surface area contributed by atoms with E-state index in [4.69, 9.17) is 16.0 Å². The Morgan fingerprint density at radius 1 is 0.707 bits per heavy atom. The normalized spacial score (nSPS) is 16.2. The first-order chi connectivity index (χ1) is 19.1. The van der Waals surface area contributed by atoms with Gasteiger partial charge in [0.15, 0.2) is 0 Å². The van der Waals surface area contributed by atoms with Crippen LogP contribution in [-0.4, -0.2) is 0 Å². The summed E-state index contributed by atoms with van der Waals surface area (Å²) in [5.41, 5.74) is 12.1. The molecule has 1 aliphatic carbocycles. The van der Waals surface area contributed by atoms with Crippen LogP contribution in [0.4, 0.5) is 17.1 Å². The molecule has 0 atom stereocenters. The lowest BCUT2D eigenvalue weighted by molar-refractivity contribution is 0.332. The van der Waals surface area contributed by atoms with Gasteiger partial charge in [-0.2, -0.15) is 0 Å². The van der Waals surface area contributed by atoms with Gasteiger partial charge in [0.1, 0.15) is 11.2 Å². The van der Waals surface area contributed by atoms with Crippen LogP contribution in [0, 0.1) is 13.8 Å². The summed E-state index contributed by atoms with van der Waals surface area (Å²) in [7, 11) is 0. The third-order valence-electron chi connectivity index (χ3n) is 9.27. The third kappa shape index (κ3) is 4.85. The number of rotatable bonds is 3. The molecule has 0 amide bonds. The molecule has 6 rings (SSSR count). The van der Waals surface area contributed by atoms with Crippen LogP contribution in [0.1, 0.15) is 89.1 Å². The second-order valence-corrected chi connectivity index (χ2v) is 15.0. The lowest BCUT2D eigenvalue weighted by atomic mass is 9.63. The summed E-state index contributed by atoms with van der Waals surface area (Å²) in [4.78, 5) is 2.36. The molecule has 0 unspecified atom stereocenters. The Labute approximate surface area is 250 Å². The van der Waals surface area contributed by atoms with Crippen molar-refractivity contribution < 1.29 is 4.42 Å². The fraction of sp³-hybridized carbons (Fsp3) is 0.368. The van der Waals surface area contributed by atoms with E-state index in [0.29, 0.717) is 0 Å². The zero-order valence-electron chi connectivity index (χ0n) is 26.0. The van der Waals surface area contributed by atoms with Gasteiger partial charge in [-0.3, -0.25) is 0 Å². The highest BCUT2D eigenvalue weighted by atomic mass is 35.5. The van der Waals surface area contributed by atoms with Crippen LogP contribution in [0.2, 0.25) is 5.02 Å². The van der Waals surface area contributed by atoms with Crippen LogP contribution < -0.4 is 4.90 Å². The van der Waals surface area contributed by atoms with Crippen LogP contribution in [0.25, 0.3) is 21.9 Å². The number of nitrogens with zero attached hydrogens (tertiary/aromatic N) is 1. The number of hydrogen-bond donors (Lipinski definition) is 0. The van der Waals surface area contributed by atoms with Gasteiger partial charge in [-0.25, -0.2) is 0 Å². The van der Waals surface area contributed by atoms with E-state index in [1.807, 2.05) is 6.07 Å². The van der Waals surface area contributed by atoms with Gasteiger partial charge >= 0.3 is 0 Å². The first-order valence-corrected chi connectivity index (χ1v) is 15.2. The molecule has 0 saturated carbocycles. The van der Waals surface area contributed by atoms with Crippen LogP contribution in [0.3, 0.4) is 0 Å². The van der Waals surface area contributed by atoms with E-state index in [2.05, 4.69) is 128 Å². The zero-order chi connectivity index (χ0) is 29.5. The molecule has 0 aliphatic heterocycles. The van der Waals surface area contributed by atoms with Crippen LogP contribution in [-0.2, 0) is 16.2 Å². The predicted octanol–water partition coefficient (Wildman–Crippen LogP) is 12.0. The molecular weight excluding hydrogens is 522 g/mol. The van der Waals surface area contributed by atoms with Gasteiger partial charge in [0, 0.05) is 38.9 Å². The maximum Gasteiger partial charge on any atom is 0.137 e. The third-order valence-corrected chi connectivity index (χ3v) is 9.49. The Morgan fingerprint density at radius 2 is 1.39 bits per heavy atom. The average Bonchev–Trinajstić information content (AvgIpc) is 3.24. The van der Waals surface area contributed by atoms with Gasteiger partial charge in [-0.05, 0) is 119 Å². The number of aryl methyl sites for hydroxylation is 2. The fourth-order valence-corrected chi connectivity index (χ4v) is 6.88. The van der Waals surface area contributed by atoms with Gasteiger partial charge in [-0.15, -0.1) is 0 Å². The van der Waals surface area contributed by atoms with Crippen LogP contribution in [0.5, 0.6) is 0 Å². The van der Waals surface area contributed by atoms with Crippen molar-refractivity contribution in [3.63, 3.8) is 0 Å². The molecule has 3 heteroatoms. The van der Waals surface area contributed by atoms with Gasteiger partial charge < -0.3 is 9.32 Å². The first-order valence-electron chi connectivity index (χ1n) is 14.8. The quantitative estimate of drug-likeness (QED) is 0.217. The summed E-state index contributed by atoms with van der Waals surface area (Å²) in [5, 5.41) is 3.04. The Kier molecular flexibility index (Phi) is 6.40. The smallest absolute Gasteiger partial charge is 0.137 e. The monoisotopic (exact) mass is 563 g/mol. The van der Waals surface area contributed by atoms with Crippen molar-refractivity contribution in [2.75, 3.05) is 4.90 Å². The second-order valence-electron chi connectivity index (χ2n) is 14.5. The molecular formula is C38H42ClNO. The van der Waals surface area contributed by atoms with Crippen molar-refractivity contribution in [1.82, 2.24) is 0 Å². The number of anilines is 3. The van der Waals surface area contributed by atoms with E-state index in [1.54, 1.807) is 0 Å².